The summed E-state index contributed by atoms with van der Waals surface area (Å²) >= 11 is 0. The zero-order valence-corrected chi connectivity index (χ0v) is 18.7. The summed E-state index contributed by atoms with van der Waals surface area (Å²) in [5.74, 6) is 6.91. The van der Waals surface area contributed by atoms with Crippen LogP contribution in [0, 0.1) is 23.6 Å². The van der Waals surface area contributed by atoms with E-state index in [1.807, 2.05) is 4.90 Å². The first-order valence-electron chi connectivity index (χ1n) is 11.9. The molecule has 6 heteroatoms. The second-order valence-corrected chi connectivity index (χ2v) is 9.34. The van der Waals surface area contributed by atoms with Gasteiger partial charge in [0.25, 0.3) is 0 Å². The number of carbonyl (C=O) groups is 1. The van der Waals surface area contributed by atoms with E-state index in [1.165, 1.54) is 30.5 Å². The molecule has 2 aromatic carbocycles. The van der Waals surface area contributed by atoms with Crippen molar-refractivity contribution in [3.8, 4) is 11.8 Å². The second kappa shape index (κ2) is 9.54. The molecule has 1 saturated carbocycles. The highest BCUT2D eigenvalue weighted by molar-refractivity contribution is 5.89. The third-order valence-corrected chi connectivity index (χ3v) is 7.03. The Morgan fingerprint density at radius 1 is 1.12 bits per heavy atom. The smallest absolute Gasteiger partial charge is 0.321 e. The predicted octanol–water partition coefficient (Wildman–Crippen LogP) is 4.04. The van der Waals surface area contributed by atoms with Crippen LogP contribution in [0.3, 0.4) is 0 Å². The maximum absolute atomic E-state index is 13.5. The molecule has 2 N–H and O–H groups in total. The average Bonchev–Trinajstić information content (AvgIpc) is 3.62. The van der Waals surface area contributed by atoms with Crippen molar-refractivity contribution in [1.29, 1.82) is 0 Å². The van der Waals surface area contributed by atoms with Crippen LogP contribution in [0.1, 0.15) is 42.7 Å². The van der Waals surface area contributed by atoms with Gasteiger partial charge >= 0.3 is 6.03 Å². The number of amides is 2. The van der Waals surface area contributed by atoms with Crippen molar-refractivity contribution in [2.45, 2.75) is 43.7 Å². The Balaban J connectivity index is 1.32. The van der Waals surface area contributed by atoms with E-state index in [4.69, 9.17) is 0 Å². The molecule has 2 aliphatic heterocycles. The standard InChI is InChI=1S/C27H30FN3O2/c28-22-4-3-5-23(16-22)29-27(33)30-14-1-2-15-31-24(17-30)26(25(31)18-32)21-12-10-20(11-13-21)9-8-19-6-7-19/h3-5,10-13,16,19,24-26,32H,1-2,6-7,14-15,17-18H2,(H,29,33)/t24-,25-,26-/m0/s1. The van der Waals surface area contributed by atoms with E-state index in [2.05, 4.69) is 46.3 Å². The van der Waals surface area contributed by atoms with Gasteiger partial charge < -0.3 is 15.3 Å². The minimum atomic E-state index is -0.373. The molecule has 2 aromatic rings. The highest BCUT2D eigenvalue weighted by atomic mass is 19.1. The highest BCUT2D eigenvalue weighted by Crippen LogP contribution is 2.42. The van der Waals surface area contributed by atoms with Crippen LogP contribution in [0.5, 0.6) is 0 Å². The first-order chi connectivity index (χ1) is 16.1. The summed E-state index contributed by atoms with van der Waals surface area (Å²) in [6.45, 7) is 2.26. The number of fused-ring (bicyclic) bond motifs is 1. The third kappa shape index (κ3) is 4.90. The normalized spacial score (nSPS) is 25.0. The molecule has 5 nitrogen and oxygen atoms in total. The maximum Gasteiger partial charge on any atom is 0.321 e. The third-order valence-electron chi connectivity index (χ3n) is 7.03. The molecule has 2 heterocycles. The Morgan fingerprint density at radius 3 is 2.64 bits per heavy atom. The number of benzene rings is 2. The SMILES string of the molecule is O=C(Nc1cccc(F)c1)N1CCCCN2[C@@H](CO)[C@@H](c3ccc(C#CC4CC4)cc3)[C@@H]2C1. The van der Waals surface area contributed by atoms with Gasteiger partial charge in [-0.1, -0.05) is 30.0 Å². The summed E-state index contributed by atoms with van der Waals surface area (Å²) < 4.78 is 13.5. The van der Waals surface area contributed by atoms with Crippen LogP contribution in [0.25, 0.3) is 0 Å². The van der Waals surface area contributed by atoms with Crippen molar-refractivity contribution in [3.63, 3.8) is 0 Å². The molecule has 0 radical (unpaired) electrons. The van der Waals surface area contributed by atoms with Crippen molar-refractivity contribution in [1.82, 2.24) is 9.80 Å². The Morgan fingerprint density at radius 2 is 1.91 bits per heavy atom. The van der Waals surface area contributed by atoms with Gasteiger partial charge in [-0.25, -0.2) is 9.18 Å². The molecule has 2 amide bonds. The van der Waals surface area contributed by atoms with Gasteiger partial charge in [0.05, 0.1) is 6.61 Å². The Labute approximate surface area is 194 Å². The molecule has 3 aliphatic rings. The first-order valence-corrected chi connectivity index (χ1v) is 11.9. The summed E-state index contributed by atoms with van der Waals surface area (Å²) in [4.78, 5) is 17.2. The monoisotopic (exact) mass is 447 g/mol. The fourth-order valence-electron chi connectivity index (χ4n) is 5.10. The van der Waals surface area contributed by atoms with Gasteiger partial charge in [-0.2, -0.15) is 0 Å². The number of aliphatic hydroxyl groups is 1. The van der Waals surface area contributed by atoms with Gasteiger partial charge in [0.2, 0.25) is 0 Å². The Hall–Kier alpha value is -2.88. The summed E-state index contributed by atoms with van der Waals surface area (Å²) in [6, 6.07) is 14.3. The number of carbonyl (C=O) groups excluding carboxylic acids is 1. The molecule has 0 aromatic heterocycles. The highest BCUT2D eigenvalue weighted by Gasteiger charge is 2.49. The first kappa shape index (κ1) is 21.9. The molecule has 0 bridgehead atoms. The van der Waals surface area contributed by atoms with Gasteiger partial charge in [0.1, 0.15) is 5.82 Å². The van der Waals surface area contributed by atoms with Crippen LogP contribution in [0.4, 0.5) is 14.9 Å². The lowest BCUT2D eigenvalue weighted by molar-refractivity contribution is -0.0585. The van der Waals surface area contributed by atoms with E-state index in [0.717, 1.165) is 24.9 Å². The lowest BCUT2D eigenvalue weighted by Crippen LogP contribution is -2.68. The number of nitrogens with zero attached hydrogens (tertiary/aromatic N) is 2. The van der Waals surface area contributed by atoms with E-state index in [9.17, 15) is 14.3 Å². The van der Waals surface area contributed by atoms with Crippen molar-refractivity contribution in [3.05, 3.63) is 65.5 Å². The number of halogens is 1. The molecule has 0 spiro atoms. The van der Waals surface area contributed by atoms with E-state index in [-0.39, 0.29) is 36.5 Å². The molecule has 0 unspecified atom stereocenters. The van der Waals surface area contributed by atoms with Crippen LogP contribution in [-0.2, 0) is 0 Å². The van der Waals surface area contributed by atoms with Crippen LogP contribution >= 0.6 is 0 Å². The summed E-state index contributed by atoms with van der Waals surface area (Å²) in [7, 11) is 0. The molecule has 3 fully saturated rings. The molecular weight excluding hydrogens is 417 g/mol. The molecule has 1 aliphatic carbocycles. The van der Waals surface area contributed by atoms with Gasteiger partial charge in [-0.05, 0) is 68.1 Å². The van der Waals surface area contributed by atoms with Gasteiger partial charge in [0.15, 0.2) is 0 Å². The number of aliphatic hydroxyl groups excluding tert-OH is 1. The largest absolute Gasteiger partial charge is 0.395 e. The number of urea groups is 1. The summed E-state index contributed by atoms with van der Waals surface area (Å²) in [5, 5.41) is 13.0. The maximum atomic E-state index is 13.5. The van der Waals surface area contributed by atoms with Crippen molar-refractivity contribution < 1.29 is 14.3 Å². The van der Waals surface area contributed by atoms with Gasteiger partial charge in [-0.3, -0.25) is 4.90 Å². The molecule has 3 atom stereocenters. The van der Waals surface area contributed by atoms with Crippen LogP contribution in [0.15, 0.2) is 48.5 Å². The zero-order valence-electron chi connectivity index (χ0n) is 18.7. The van der Waals surface area contributed by atoms with Gasteiger partial charge in [-0.15, -0.1) is 0 Å². The number of hydrogen-bond donors (Lipinski definition) is 2. The number of anilines is 1. The van der Waals surface area contributed by atoms with E-state index >= 15 is 0 Å². The number of hydrogen-bond acceptors (Lipinski definition) is 3. The molecular formula is C27H30FN3O2. The van der Waals surface area contributed by atoms with Crippen molar-refractivity contribution >= 4 is 11.7 Å². The summed E-state index contributed by atoms with van der Waals surface area (Å²) in [5.41, 5.74) is 2.66. The molecule has 2 saturated heterocycles. The number of rotatable bonds is 3. The molecule has 33 heavy (non-hydrogen) atoms. The topological polar surface area (TPSA) is 55.8 Å². The predicted molar refractivity (Wildman–Crippen MR) is 126 cm³/mol. The lowest BCUT2D eigenvalue weighted by Gasteiger charge is -2.57. The fraction of sp³-hybridized carbons (Fsp3) is 0.444. The van der Waals surface area contributed by atoms with E-state index in [0.29, 0.717) is 24.7 Å². The summed E-state index contributed by atoms with van der Waals surface area (Å²) in [6.07, 6.45) is 4.30. The van der Waals surface area contributed by atoms with E-state index < -0.39 is 0 Å². The zero-order chi connectivity index (χ0) is 22.8. The second-order valence-electron chi connectivity index (χ2n) is 9.34. The molecule has 172 valence electrons. The fourth-order valence-corrected chi connectivity index (χ4v) is 5.10. The number of nitrogens with one attached hydrogen (secondary N) is 1. The van der Waals surface area contributed by atoms with Crippen LogP contribution in [0.2, 0.25) is 0 Å². The Bertz CT molecular complexity index is 1060. The van der Waals surface area contributed by atoms with Gasteiger partial charge in [0, 0.05) is 48.3 Å². The minimum absolute atomic E-state index is 0.0598. The minimum Gasteiger partial charge on any atom is -0.395 e. The van der Waals surface area contributed by atoms with E-state index in [1.54, 1.807) is 12.1 Å². The van der Waals surface area contributed by atoms with Crippen molar-refractivity contribution in [2.75, 3.05) is 31.6 Å². The van der Waals surface area contributed by atoms with Crippen LogP contribution < -0.4 is 5.32 Å². The van der Waals surface area contributed by atoms with Crippen molar-refractivity contribution in [2.24, 2.45) is 5.92 Å². The van der Waals surface area contributed by atoms with Crippen LogP contribution in [-0.4, -0.2) is 59.3 Å². The Kier molecular flexibility index (Phi) is 6.34. The lowest BCUT2D eigenvalue weighted by atomic mass is 9.74. The molecule has 5 rings (SSSR count). The average molecular weight is 448 g/mol. The quantitative estimate of drug-likeness (QED) is 0.699.